The van der Waals surface area contributed by atoms with Crippen molar-refractivity contribution in [1.29, 1.82) is 0 Å². The first-order chi connectivity index (χ1) is 12.5. The van der Waals surface area contributed by atoms with Crippen molar-refractivity contribution in [3.63, 3.8) is 0 Å². The average molecular weight is 386 g/mol. The number of nitrogens with zero attached hydrogens (tertiary/aromatic N) is 1. The average Bonchev–Trinajstić information content (AvgIpc) is 2.83. The minimum atomic E-state index is -4.43. The zero-order chi connectivity index (χ0) is 20.4. The number of carbonyl (C=O) groups excluding carboxylic acids is 2. The molecule has 0 aliphatic rings. The second-order valence-electron chi connectivity index (χ2n) is 6.03. The fourth-order valence-electron chi connectivity index (χ4n) is 2.49. The van der Waals surface area contributed by atoms with Crippen LogP contribution in [0.25, 0.3) is 0 Å². The van der Waals surface area contributed by atoms with Gasteiger partial charge in [0, 0.05) is 17.1 Å². The first kappa shape index (κ1) is 20.5. The molecule has 1 N–H and O–H groups in total. The number of aromatic nitrogens is 1. The van der Waals surface area contributed by atoms with Crippen LogP contribution in [0.5, 0.6) is 0 Å². The molecule has 5 nitrogen and oxygen atoms in total. The van der Waals surface area contributed by atoms with Gasteiger partial charge in [0.05, 0.1) is 5.56 Å². The van der Waals surface area contributed by atoms with E-state index >= 15 is 0 Å². The normalized spacial score (nSPS) is 12.6. The van der Waals surface area contributed by atoms with Gasteiger partial charge in [-0.25, -0.2) is 9.18 Å². The summed E-state index contributed by atoms with van der Waals surface area (Å²) in [6.07, 6.45) is -5.63. The standard InChI is InChI=1S/C18H18F4N2O3/c1-10-8-15(11(2)24(10)9-18(20,21)22)17(26)27-12(3)16(25)23-14-6-4-13(19)5-7-14/h4-8,12H,9H2,1-3H3,(H,23,25)/t12-/m0/s1. The van der Waals surface area contributed by atoms with Gasteiger partial charge >= 0.3 is 12.1 Å². The number of benzene rings is 1. The Labute approximate surface area is 152 Å². The quantitative estimate of drug-likeness (QED) is 0.624. The molecule has 0 aliphatic heterocycles. The summed E-state index contributed by atoms with van der Waals surface area (Å²) in [4.78, 5) is 24.3. The van der Waals surface area contributed by atoms with Crippen molar-refractivity contribution in [1.82, 2.24) is 4.57 Å². The van der Waals surface area contributed by atoms with Gasteiger partial charge in [0.1, 0.15) is 12.4 Å². The van der Waals surface area contributed by atoms with E-state index in [0.29, 0.717) is 5.69 Å². The number of nitrogens with one attached hydrogen (secondary N) is 1. The summed E-state index contributed by atoms with van der Waals surface area (Å²) in [5.41, 5.74) is 0.618. The largest absolute Gasteiger partial charge is 0.449 e. The highest BCUT2D eigenvalue weighted by atomic mass is 19.4. The molecule has 0 radical (unpaired) electrons. The number of ether oxygens (including phenoxy) is 1. The van der Waals surface area contributed by atoms with Crippen LogP contribution in [0, 0.1) is 19.7 Å². The maximum Gasteiger partial charge on any atom is 0.406 e. The molecule has 2 rings (SSSR count). The lowest BCUT2D eigenvalue weighted by molar-refractivity contribution is -0.141. The van der Waals surface area contributed by atoms with Gasteiger partial charge in [0.2, 0.25) is 0 Å². The van der Waals surface area contributed by atoms with E-state index in [1.165, 1.54) is 39.0 Å². The van der Waals surface area contributed by atoms with Crippen molar-refractivity contribution in [2.24, 2.45) is 0 Å². The van der Waals surface area contributed by atoms with Crippen molar-refractivity contribution in [3.8, 4) is 0 Å². The second-order valence-corrected chi connectivity index (χ2v) is 6.03. The predicted molar refractivity (Wildman–Crippen MR) is 89.9 cm³/mol. The van der Waals surface area contributed by atoms with Gasteiger partial charge in [-0.2, -0.15) is 13.2 Å². The smallest absolute Gasteiger partial charge is 0.406 e. The zero-order valence-corrected chi connectivity index (χ0v) is 14.9. The van der Waals surface area contributed by atoms with Gasteiger partial charge in [-0.15, -0.1) is 0 Å². The summed E-state index contributed by atoms with van der Waals surface area (Å²) in [6.45, 7) is 2.92. The number of hydrogen-bond acceptors (Lipinski definition) is 3. The summed E-state index contributed by atoms with van der Waals surface area (Å²) in [5.74, 6) is -2.03. The molecule has 1 aromatic carbocycles. The van der Waals surface area contributed by atoms with Crippen LogP contribution in [-0.4, -0.2) is 28.7 Å². The molecule has 0 spiro atoms. The third-order valence-electron chi connectivity index (χ3n) is 3.90. The summed E-state index contributed by atoms with van der Waals surface area (Å²) in [5, 5.41) is 2.45. The molecular formula is C18H18F4N2O3. The Balaban J connectivity index is 2.06. The molecule has 0 saturated heterocycles. The highest BCUT2D eigenvalue weighted by Crippen LogP contribution is 2.24. The molecular weight excluding hydrogens is 368 g/mol. The molecule has 27 heavy (non-hydrogen) atoms. The van der Waals surface area contributed by atoms with Gasteiger partial charge < -0.3 is 14.6 Å². The monoisotopic (exact) mass is 386 g/mol. The number of hydrogen-bond donors (Lipinski definition) is 1. The van der Waals surface area contributed by atoms with E-state index in [1.807, 2.05) is 0 Å². The third-order valence-corrected chi connectivity index (χ3v) is 3.90. The van der Waals surface area contributed by atoms with Crippen LogP contribution >= 0.6 is 0 Å². The van der Waals surface area contributed by atoms with Gasteiger partial charge in [-0.1, -0.05) is 0 Å². The molecule has 2 aromatic rings. The van der Waals surface area contributed by atoms with E-state index in [0.717, 1.165) is 16.7 Å². The van der Waals surface area contributed by atoms with E-state index < -0.39 is 36.5 Å². The zero-order valence-electron chi connectivity index (χ0n) is 14.9. The topological polar surface area (TPSA) is 60.3 Å². The molecule has 1 aromatic heterocycles. The third kappa shape index (κ3) is 5.32. The Bertz CT molecular complexity index is 842. The number of aryl methyl sites for hydroxylation is 1. The second kappa shape index (κ2) is 7.81. The molecule has 0 bridgehead atoms. The molecule has 0 aliphatic carbocycles. The van der Waals surface area contributed by atoms with E-state index in [9.17, 15) is 27.2 Å². The van der Waals surface area contributed by atoms with Crippen molar-refractivity contribution in [2.75, 3.05) is 5.32 Å². The minimum absolute atomic E-state index is 0.0433. The SMILES string of the molecule is Cc1cc(C(=O)O[C@@H](C)C(=O)Nc2ccc(F)cc2)c(C)n1CC(F)(F)F. The Hall–Kier alpha value is -2.84. The number of carbonyl (C=O) groups is 2. The van der Waals surface area contributed by atoms with Crippen LogP contribution in [-0.2, 0) is 16.1 Å². The fourth-order valence-corrected chi connectivity index (χ4v) is 2.49. The predicted octanol–water partition coefficient (Wildman–Crippen LogP) is 3.99. The van der Waals surface area contributed by atoms with E-state index in [-0.39, 0.29) is 17.0 Å². The Kier molecular flexibility index (Phi) is 5.92. The lowest BCUT2D eigenvalue weighted by Crippen LogP contribution is -2.30. The van der Waals surface area contributed by atoms with Crippen molar-refractivity contribution in [2.45, 2.75) is 39.6 Å². The molecule has 0 fully saturated rings. The molecule has 0 unspecified atom stereocenters. The Morgan fingerprint density at radius 3 is 2.33 bits per heavy atom. The number of amides is 1. The number of alkyl halides is 3. The fraction of sp³-hybridized carbons (Fsp3) is 0.333. The van der Waals surface area contributed by atoms with Gasteiger partial charge in [0.15, 0.2) is 6.10 Å². The Morgan fingerprint density at radius 2 is 1.78 bits per heavy atom. The lowest BCUT2D eigenvalue weighted by Gasteiger charge is -2.14. The summed E-state index contributed by atoms with van der Waals surface area (Å²) in [7, 11) is 0. The lowest BCUT2D eigenvalue weighted by atomic mass is 10.2. The van der Waals surface area contributed by atoms with Gasteiger partial charge in [0.25, 0.3) is 5.91 Å². The van der Waals surface area contributed by atoms with Crippen LogP contribution in [0.15, 0.2) is 30.3 Å². The first-order valence-electron chi connectivity index (χ1n) is 7.99. The van der Waals surface area contributed by atoms with E-state index in [1.54, 1.807) is 0 Å². The van der Waals surface area contributed by atoms with Crippen molar-refractivity contribution >= 4 is 17.6 Å². The first-order valence-corrected chi connectivity index (χ1v) is 7.99. The van der Waals surface area contributed by atoms with Crippen LogP contribution in [0.2, 0.25) is 0 Å². The molecule has 1 heterocycles. The number of halogens is 4. The number of rotatable bonds is 5. The number of anilines is 1. The molecule has 1 atom stereocenters. The summed E-state index contributed by atoms with van der Waals surface area (Å²) >= 11 is 0. The maximum atomic E-state index is 12.9. The molecule has 9 heteroatoms. The van der Waals surface area contributed by atoms with Crippen LogP contribution in [0.4, 0.5) is 23.2 Å². The molecule has 1 amide bonds. The van der Waals surface area contributed by atoms with Crippen molar-refractivity contribution in [3.05, 3.63) is 53.1 Å². The molecule has 146 valence electrons. The summed E-state index contributed by atoms with van der Waals surface area (Å²) in [6, 6.07) is 6.27. The van der Waals surface area contributed by atoms with Crippen LogP contribution in [0.3, 0.4) is 0 Å². The van der Waals surface area contributed by atoms with E-state index in [4.69, 9.17) is 4.74 Å². The van der Waals surface area contributed by atoms with Gasteiger partial charge in [-0.05, 0) is 51.1 Å². The summed E-state index contributed by atoms with van der Waals surface area (Å²) < 4.78 is 56.8. The maximum absolute atomic E-state index is 12.9. The Morgan fingerprint density at radius 1 is 1.19 bits per heavy atom. The number of esters is 1. The highest BCUT2D eigenvalue weighted by Gasteiger charge is 2.31. The van der Waals surface area contributed by atoms with Crippen LogP contribution < -0.4 is 5.32 Å². The van der Waals surface area contributed by atoms with E-state index in [2.05, 4.69) is 5.32 Å². The highest BCUT2D eigenvalue weighted by molar-refractivity contribution is 5.97. The van der Waals surface area contributed by atoms with Crippen molar-refractivity contribution < 1.29 is 31.9 Å². The van der Waals surface area contributed by atoms with Gasteiger partial charge in [-0.3, -0.25) is 4.79 Å². The molecule has 0 saturated carbocycles. The minimum Gasteiger partial charge on any atom is -0.449 e. The van der Waals surface area contributed by atoms with Crippen LogP contribution in [0.1, 0.15) is 28.7 Å².